The average molecular weight is 361 g/mol. The summed E-state index contributed by atoms with van der Waals surface area (Å²) in [6.07, 6.45) is -2.49. The largest absolute Gasteiger partial charge is 0.445 e. The van der Waals surface area contributed by atoms with E-state index >= 15 is 0 Å². The van der Waals surface area contributed by atoms with Gasteiger partial charge in [-0.2, -0.15) is 0 Å². The second kappa shape index (κ2) is 8.88. The molecule has 0 radical (unpaired) electrons. The Balaban J connectivity index is 1.84. The molecule has 2 atom stereocenters. The van der Waals surface area contributed by atoms with Gasteiger partial charge in [0.25, 0.3) is 5.69 Å². The van der Waals surface area contributed by atoms with E-state index < -0.39 is 23.2 Å². The van der Waals surface area contributed by atoms with Crippen LogP contribution in [0, 0.1) is 17.0 Å². The number of hydrogen-bond acceptors (Lipinski definition) is 7. The zero-order chi connectivity index (χ0) is 19.1. The lowest BCUT2D eigenvalue weighted by atomic mass is 10.1. The SMILES string of the molecule is Cc1cc(C(O)C(O)CNC(=O)OCc2ccccc2)ncc1[N+](=O)[O-]. The standard InChI is InChI=1S/C17H19N3O6/c1-11-7-13(18-8-14(11)20(24)25)16(22)15(21)9-19-17(23)26-10-12-5-3-2-4-6-12/h2-8,15-16,21-22H,9-10H2,1H3,(H,19,23). The van der Waals surface area contributed by atoms with Crippen molar-refractivity contribution in [1.82, 2.24) is 10.3 Å². The maximum Gasteiger partial charge on any atom is 0.407 e. The topological polar surface area (TPSA) is 135 Å². The summed E-state index contributed by atoms with van der Waals surface area (Å²) in [6, 6.07) is 10.4. The number of carbonyl (C=O) groups is 1. The second-order valence-corrected chi connectivity index (χ2v) is 5.61. The number of aliphatic hydroxyl groups excluding tert-OH is 2. The molecular weight excluding hydrogens is 342 g/mol. The van der Waals surface area contributed by atoms with Crippen molar-refractivity contribution in [1.29, 1.82) is 0 Å². The van der Waals surface area contributed by atoms with Gasteiger partial charge >= 0.3 is 6.09 Å². The molecule has 26 heavy (non-hydrogen) atoms. The number of aliphatic hydroxyl groups is 2. The number of hydrogen-bond donors (Lipinski definition) is 3. The van der Waals surface area contributed by atoms with Gasteiger partial charge in [0.2, 0.25) is 0 Å². The first kappa shape index (κ1) is 19.3. The van der Waals surface area contributed by atoms with Gasteiger partial charge in [0.1, 0.15) is 25.0 Å². The number of pyridine rings is 1. The lowest BCUT2D eigenvalue weighted by Crippen LogP contribution is -2.36. The van der Waals surface area contributed by atoms with Crippen molar-refractivity contribution in [2.75, 3.05) is 6.54 Å². The fourth-order valence-electron chi connectivity index (χ4n) is 2.19. The molecule has 0 aliphatic carbocycles. The molecule has 1 aromatic heterocycles. The Morgan fingerprint density at radius 2 is 2.04 bits per heavy atom. The summed E-state index contributed by atoms with van der Waals surface area (Å²) in [5.41, 5.74) is 1.01. The minimum atomic E-state index is -1.41. The minimum Gasteiger partial charge on any atom is -0.445 e. The van der Waals surface area contributed by atoms with Crippen LogP contribution in [-0.4, -0.2) is 38.9 Å². The van der Waals surface area contributed by atoms with E-state index in [1.807, 2.05) is 18.2 Å². The number of nitrogens with one attached hydrogen (secondary N) is 1. The van der Waals surface area contributed by atoms with E-state index in [-0.39, 0.29) is 24.5 Å². The molecule has 2 rings (SSSR count). The molecule has 3 N–H and O–H groups in total. The Labute approximate surface area is 149 Å². The number of ether oxygens (including phenoxy) is 1. The van der Waals surface area contributed by atoms with Crippen LogP contribution in [0.4, 0.5) is 10.5 Å². The predicted molar refractivity (Wildman–Crippen MR) is 91.2 cm³/mol. The Bertz CT molecular complexity index is 768. The summed E-state index contributed by atoms with van der Waals surface area (Å²) >= 11 is 0. The van der Waals surface area contributed by atoms with Crippen LogP contribution in [0.1, 0.15) is 22.9 Å². The van der Waals surface area contributed by atoms with Crippen LogP contribution < -0.4 is 5.32 Å². The number of aromatic nitrogens is 1. The Morgan fingerprint density at radius 3 is 2.65 bits per heavy atom. The van der Waals surface area contributed by atoms with Crippen LogP contribution in [0.3, 0.4) is 0 Å². The predicted octanol–water partition coefficient (Wildman–Crippen LogP) is 1.62. The number of aryl methyl sites for hydroxylation is 1. The maximum atomic E-state index is 11.6. The lowest BCUT2D eigenvalue weighted by molar-refractivity contribution is -0.385. The summed E-state index contributed by atoms with van der Waals surface area (Å²) in [5.74, 6) is 0. The fraction of sp³-hybridized carbons (Fsp3) is 0.294. The zero-order valence-electron chi connectivity index (χ0n) is 14.0. The van der Waals surface area contributed by atoms with Gasteiger partial charge in [0.15, 0.2) is 0 Å². The average Bonchev–Trinajstić information content (AvgIpc) is 2.64. The van der Waals surface area contributed by atoms with E-state index in [0.29, 0.717) is 5.56 Å². The van der Waals surface area contributed by atoms with Gasteiger partial charge in [-0.15, -0.1) is 0 Å². The van der Waals surface area contributed by atoms with Gasteiger partial charge in [0.05, 0.1) is 10.6 Å². The highest BCUT2D eigenvalue weighted by molar-refractivity contribution is 5.67. The van der Waals surface area contributed by atoms with Gasteiger partial charge in [-0.05, 0) is 18.6 Å². The van der Waals surface area contributed by atoms with Crippen molar-refractivity contribution in [2.24, 2.45) is 0 Å². The van der Waals surface area contributed by atoms with Gasteiger partial charge in [0, 0.05) is 12.1 Å². The molecule has 2 aromatic rings. The van der Waals surface area contributed by atoms with E-state index in [0.717, 1.165) is 11.8 Å². The van der Waals surface area contributed by atoms with Gasteiger partial charge in [-0.25, -0.2) is 4.79 Å². The molecule has 0 aliphatic heterocycles. The van der Waals surface area contributed by atoms with Gasteiger partial charge in [-0.3, -0.25) is 15.1 Å². The third-order valence-corrected chi connectivity index (χ3v) is 3.64. The van der Waals surface area contributed by atoms with Crippen LogP contribution in [0.5, 0.6) is 0 Å². The van der Waals surface area contributed by atoms with Crippen LogP contribution in [-0.2, 0) is 11.3 Å². The van der Waals surface area contributed by atoms with E-state index in [1.165, 1.54) is 13.0 Å². The smallest absolute Gasteiger partial charge is 0.407 e. The van der Waals surface area contributed by atoms with Crippen LogP contribution in [0.25, 0.3) is 0 Å². The number of nitrogens with zero attached hydrogens (tertiary/aromatic N) is 2. The number of amides is 1. The van der Waals surface area contributed by atoms with Crippen molar-refractivity contribution in [3.63, 3.8) is 0 Å². The Kier molecular flexibility index (Phi) is 6.59. The third-order valence-electron chi connectivity index (χ3n) is 3.64. The molecule has 1 amide bonds. The molecule has 1 heterocycles. The van der Waals surface area contributed by atoms with Gasteiger partial charge in [-0.1, -0.05) is 30.3 Å². The molecule has 0 saturated heterocycles. The molecule has 0 saturated carbocycles. The number of alkyl carbamates (subject to hydrolysis) is 1. The van der Waals surface area contributed by atoms with Crippen molar-refractivity contribution in [3.8, 4) is 0 Å². The summed E-state index contributed by atoms with van der Waals surface area (Å²) < 4.78 is 4.99. The first-order chi connectivity index (χ1) is 12.4. The number of nitro groups is 1. The molecule has 138 valence electrons. The van der Waals surface area contributed by atoms with Gasteiger partial charge < -0.3 is 20.3 Å². The number of benzene rings is 1. The van der Waals surface area contributed by atoms with Crippen molar-refractivity contribution >= 4 is 11.8 Å². The Hall–Kier alpha value is -3.04. The zero-order valence-corrected chi connectivity index (χ0v) is 14.0. The van der Waals surface area contributed by atoms with E-state index in [1.54, 1.807) is 12.1 Å². The highest BCUT2D eigenvalue weighted by Gasteiger charge is 2.23. The van der Waals surface area contributed by atoms with Crippen molar-refractivity contribution in [3.05, 3.63) is 69.5 Å². The highest BCUT2D eigenvalue weighted by atomic mass is 16.6. The fourth-order valence-corrected chi connectivity index (χ4v) is 2.19. The number of rotatable bonds is 7. The first-order valence-corrected chi connectivity index (χ1v) is 7.80. The molecule has 0 bridgehead atoms. The quantitative estimate of drug-likeness (QED) is 0.504. The molecule has 0 fully saturated rings. The first-order valence-electron chi connectivity index (χ1n) is 7.80. The van der Waals surface area contributed by atoms with Crippen LogP contribution in [0.2, 0.25) is 0 Å². The monoisotopic (exact) mass is 361 g/mol. The van der Waals surface area contributed by atoms with Crippen molar-refractivity contribution < 1.29 is 24.7 Å². The maximum absolute atomic E-state index is 11.6. The molecule has 1 aromatic carbocycles. The van der Waals surface area contributed by atoms with Crippen molar-refractivity contribution in [2.45, 2.75) is 25.7 Å². The normalized spacial score (nSPS) is 12.9. The number of carbonyl (C=O) groups excluding carboxylic acids is 1. The van der Waals surface area contributed by atoms with E-state index in [2.05, 4.69) is 10.3 Å². The summed E-state index contributed by atoms with van der Waals surface area (Å²) in [7, 11) is 0. The third kappa shape index (κ3) is 5.23. The summed E-state index contributed by atoms with van der Waals surface area (Å²) in [4.78, 5) is 25.6. The molecule has 2 unspecified atom stereocenters. The molecule has 9 heteroatoms. The molecule has 9 nitrogen and oxygen atoms in total. The lowest BCUT2D eigenvalue weighted by Gasteiger charge is -2.18. The van der Waals surface area contributed by atoms with Crippen LogP contribution >= 0.6 is 0 Å². The Morgan fingerprint density at radius 1 is 1.35 bits per heavy atom. The molecular formula is C17H19N3O6. The highest BCUT2D eigenvalue weighted by Crippen LogP contribution is 2.21. The van der Waals surface area contributed by atoms with E-state index in [9.17, 15) is 25.1 Å². The second-order valence-electron chi connectivity index (χ2n) is 5.61. The molecule has 0 aliphatic rings. The summed E-state index contributed by atoms with van der Waals surface area (Å²) in [6.45, 7) is 1.31. The summed E-state index contributed by atoms with van der Waals surface area (Å²) in [5, 5.41) is 33.2. The van der Waals surface area contributed by atoms with E-state index in [4.69, 9.17) is 4.74 Å². The van der Waals surface area contributed by atoms with Crippen LogP contribution in [0.15, 0.2) is 42.6 Å². The molecule has 0 spiro atoms. The minimum absolute atomic E-state index is 0.0695.